The number of ketones is 3. The Bertz CT molecular complexity index is 1590. The van der Waals surface area contributed by atoms with Gasteiger partial charge in [0.05, 0.1) is 5.56 Å². The number of phenols is 1. The summed E-state index contributed by atoms with van der Waals surface area (Å²) in [6.07, 6.45) is 0.773. The van der Waals surface area contributed by atoms with E-state index in [4.69, 9.17) is 0 Å². The molecule has 0 heterocycles. The second-order valence-electron chi connectivity index (χ2n) is 13.0. The SMILES string of the molecule is CCc1cc(-c2ccc(C)cc2)c2c(c1O)C(O)=C1C(=O)[C@@]3(O)C(O)=C(C(C)=O)C(=O)C(C(C)C)[C@@]3(C)C[C@@]1(C)C2. The van der Waals surface area contributed by atoms with Crippen LogP contribution >= 0.6 is 0 Å². The Balaban J connectivity index is 1.86. The molecule has 0 saturated heterocycles. The van der Waals surface area contributed by atoms with Crippen molar-refractivity contribution in [1.82, 2.24) is 0 Å². The van der Waals surface area contributed by atoms with Gasteiger partial charge in [-0.1, -0.05) is 64.4 Å². The highest BCUT2D eigenvalue weighted by atomic mass is 16.3. The van der Waals surface area contributed by atoms with Crippen LogP contribution in [-0.4, -0.2) is 43.4 Å². The fraction of sp³-hybridized carbons (Fsp3) is 0.441. The minimum atomic E-state index is -2.62. The summed E-state index contributed by atoms with van der Waals surface area (Å²) in [4.78, 5) is 40.7. The lowest BCUT2D eigenvalue weighted by Crippen LogP contribution is -2.69. The molecule has 41 heavy (non-hydrogen) atoms. The third kappa shape index (κ3) is 3.64. The van der Waals surface area contributed by atoms with E-state index in [2.05, 4.69) is 0 Å². The van der Waals surface area contributed by atoms with Gasteiger partial charge < -0.3 is 20.4 Å². The largest absolute Gasteiger partial charge is 0.508 e. The number of aliphatic hydroxyl groups is 3. The number of aliphatic hydroxyl groups excluding tert-OH is 2. The Morgan fingerprint density at radius 1 is 1.07 bits per heavy atom. The maximum Gasteiger partial charge on any atom is 0.203 e. The van der Waals surface area contributed by atoms with Crippen LogP contribution < -0.4 is 0 Å². The minimum absolute atomic E-state index is 0.0640. The summed E-state index contributed by atoms with van der Waals surface area (Å²) in [7, 11) is 0. The van der Waals surface area contributed by atoms with Gasteiger partial charge in [0.25, 0.3) is 0 Å². The molecule has 1 fully saturated rings. The summed E-state index contributed by atoms with van der Waals surface area (Å²) in [5.41, 5.74) is -1.66. The average molecular weight is 559 g/mol. The van der Waals surface area contributed by atoms with Gasteiger partial charge >= 0.3 is 0 Å². The van der Waals surface area contributed by atoms with E-state index in [9.17, 15) is 34.8 Å². The molecule has 2 aromatic carbocycles. The van der Waals surface area contributed by atoms with Gasteiger partial charge in [-0.15, -0.1) is 0 Å². The molecule has 7 nitrogen and oxygen atoms in total. The molecule has 5 rings (SSSR count). The van der Waals surface area contributed by atoms with Gasteiger partial charge in [0.15, 0.2) is 17.2 Å². The number of benzene rings is 2. The van der Waals surface area contributed by atoms with E-state index < -0.39 is 56.8 Å². The average Bonchev–Trinajstić information content (AvgIpc) is 2.86. The lowest BCUT2D eigenvalue weighted by Gasteiger charge is -2.59. The first-order valence-corrected chi connectivity index (χ1v) is 14.2. The van der Waals surface area contributed by atoms with Crippen LogP contribution in [0.4, 0.5) is 0 Å². The van der Waals surface area contributed by atoms with Crippen LogP contribution in [0.5, 0.6) is 5.75 Å². The number of carbonyl (C=O) groups is 3. The molecule has 2 aromatic rings. The molecular weight excluding hydrogens is 520 g/mol. The first-order chi connectivity index (χ1) is 19.0. The maximum absolute atomic E-state index is 14.5. The van der Waals surface area contributed by atoms with Crippen molar-refractivity contribution in [1.29, 1.82) is 0 Å². The first-order valence-electron chi connectivity index (χ1n) is 14.2. The normalized spacial score (nSPS) is 29.4. The fourth-order valence-corrected chi connectivity index (χ4v) is 8.10. The number of allylic oxidation sites excluding steroid dienone is 1. The Hall–Kier alpha value is -3.71. The standard InChI is InChI=1S/C34H38O7/c1-8-19-13-21(20-11-9-17(4)10-12-20)22-14-32(6)15-33(7)25(16(2)3)28(37)23(18(5)35)30(39)34(33,41)31(40)26(32)29(38)24(22)27(19)36/h9-13,16,25,36,38-39,41H,8,14-15H2,1-7H3/t25?,32-,33-,34+/m1/s1. The highest BCUT2D eigenvalue weighted by Gasteiger charge is 2.72. The Kier molecular flexibility index (Phi) is 6.43. The van der Waals surface area contributed by atoms with Crippen LogP contribution in [0.2, 0.25) is 0 Å². The predicted octanol–water partition coefficient (Wildman–Crippen LogP) is 5.73. The molecule has 4 N–H and O–H groups in total. The van der Waals surface area contributed by atoms with Crippen molar-refractivity contribution in [3.05, 3.63) is 69.5 Å². The minimum Gasteiger partial charge on any atom is -0.508 e. The summed E-state index contributed by atoms with van der Waals surface area (Å²) in [5, 5.41) is 46.7. The van der Waals surface area contributed by atoms with Crippen LogP contribution in [0.25, 0.3) is 16.9 Å². The molecule has 0 radical (unpaired) electrons. The second kappa shape index (κ2) is 9.15. The molecule has 7 heteroatoms. The van der Waals surface area contributed by atoms with Crippen molar-refractivity contribution in [2.75, 3.05) is 0 Å². The highest BCUT2D eigenvalue weighted by molar-refractivity contribution is 6.24. The van der Waals surface area contributed by atoms with Crippen LogP contribution in [0.1, 0.15) is 70.2 Å². The zero-order valence-corrected chi connectivity index (χ0v) is 24.7. The van der Waals surface area contributed by atoms with Gasteiger partial charge in [-0.2, -0.15) is 0 Å². The summed E-state index contributed by atoms with van der Waals surface area (Å²) in [5.74, 6) is -5.15. The number of rotatable bonds is 4. The fourth-order valence-electron chi connectivity index (χ4n) is 8.10. The second-order valence-corrected chi connectivity index (χ2v) is 13.0. The zero-order chi connectivity index (χ0) is 30.4. The number of carbonyl (C=O) groups excluding carboxylic acids is 3. The summed E-state index contributed by atoms with van der Waals surface area (Å²) >= 11 is 0. The van der Waals surface area contributed by atoms with Gasteiger partial charge in [0.2, 0.25) is 5.78 Å². The summed E-state index contributed by atoms with van der Waals surface area (Å²) in [6.45, 7) is 12.0. The molecule has 3 aliphatic rings. The van der Waals surface area contributed by atoms with Gasteiger partial charge in [-0.3, -0.25) is 14.4 Å². The van der Waals surface area contributed by atoms with Crippen LogP contribution in [0.3, 0.4) is 0 Å². The molecule has 4 atom stereocenters. The summed E-state index contributed by atoms with van der Waals surface area (Å²) in [6, 6.07) is 9.84. The molecule has 216 valence electrons. The van der Waals surface area contributed by atoms with Crippen LogP contribution in [0.15, 0.2) is 47.2 Å². The van der Waals surface area contributed by atoms with E-state index >= 15 is 0 Å². The van der Waals surface area contributed by atoms with E-state index in [1.807, 2.05) is 51.1 Å². The van der Waals surface area contributed by atoms with Crippen molar-refractivity contribution < 1.29 is 34.8 Å². The van der Waals surface area contributed by atoms with Crippen LogP contribution in [-0.2, 0) is 27.2 Å². The molecule has 1 saturated carbocycles. The molecule has 0 aromatic heterocycles. The highest BCUT2D eigenvalue weighted by Crippen LogP contribution is 2.65. The van der Waals surface area contributed by atoms with Gasteiger partial charge in [0.1, 0.15) is 22.8 Å². The lowest BCUT2D eigenvalue weighted by atomic mass is 9.43. The molecule has 0 aliphatic heterocycles. The van der Waals surface area contributed by atoms with Crippen molar-refractivity contribution in [3.8, 4) is 16.9 Å². The van der Waals surface area contributed by atoms with Gasteiger partial charge in [-0.25, -0.2) is 0 Å². The number of aryl methyl sites for hydroxylation is 2. The number of hydrogen-bond acceptors (Lipinski definition) is 7. The van der Waals surface area contributed by atoms with Crippen molar-refractivity contribution in [2.45, 2.75) is 73.3 Å². The first kappa shape index (κ1) is 28.8. The van der Waals surface area contributed by atoms with E-state index in [0.717, 1.165) is 23.6 Å². The summed E-state index contributed by atoms with van der Waals surface area (Å²) < 4.78 is 0. The van der Waals surface area contributed by atoms with E-state index in [-0.39, 0.29) is 35.6 Å². The molecular formula is C34H38O7. The number of Topliss-reactive ketones (excluding diaryl/α,β-unsaturated/α-hetero) is 3. The van der Waals surface area contributed by atoms with E-state index in [1.54, 1.807) is 20.8 Å². The molecule has 0 spiro atoms. The number of hydrogen-bond donors (Lipinski definition) is 4. The Morgan fingerprint density at radius 3 is 2.22 bits per heavy atom. The molecule has 3 aliphatic carbocycles. The van der Waals surface area contributed by atoms with Crippen LogP contribution in [0, 0.1) is 29.6 Å². The third-order valence-electron chi connectivity index (χ3n) is 9.83. The topological polar surface area (TPSA) is 132 Å². The predicted molar refractivity (Wildman–Crippen MR) is 155 cm³/mol. The monoisotopic (exact) mass is 558 g/mol. The Morgan fingerprint density at radius 2 is 1.68 bits per heavy atom. The van der Waals surface area contributed by atoms with Gasteiger partial charge in [0, 0.05) is 22.3 Å². The number of phenolic OH excluding ortho intramolecular Hbond substituents is 1. The van der Waals surface area contributed by atoms with E-state index in [0.29, 0.717) is 17.5 Å². The number of fused-ring (bicyclic) bond motifs is 3. The Labute approximate surface area is 240 Å². The smallest absolute Gasteiger partial charge is 0.203 e. The quantitative estimate of drug-likeness (QED) is 0.353. The van der Waals surface area contributed by atoms with Crippen molar-refractivity contribution >= 4 is 23.1 Å². The number of aromatic hydroxyl groups is 1. The molecule has 1 unspecified atom stereocenters. The zero-order valence-electron chi connectivity index (χ0n) is 24.7. The van der Waals surface area contributed by atoms with E-state index in [1.165, 1.54) is 0 Å². The van der Waals surface area contributed by atoms with Gasteiger partial charge in [-0.05, 0) is 67.3 Å². The van der Waals surface area contributed by atoms with Crippen molar-refractivity contribution in [2.24, 2.45) is 22.7 Å². The molecule has 0 bridgehead atoms. The maximum atomic E-state index is 14.5. The third-order valence-corrected chi connectivity index (χ3v) is 9.83. The lowest BCUT2D eigenvalue weighted by molar-refractivity contribution is -0.178. The van der Waals surface area contributed by atoms with Crippen molar-refractivity contribution in [3.63, 3.8) is 0 Å². The molecule has 0 amide bonds.